The number of rotatable bonds is 17. The van der Waals surface area contributed by atoms with Crippen LogP contribution in [-0.2, 0) is 38.3 Å². The standard InChI is InChI=1S/C51H69N7O5Si/c1-40(59)55-30-32-56(33-31-55)46-22-16-44(17-23-46)39-58(49(60)25-19-42-18-24-48(62-6)52-37-42)47(36-41-12-10-9-11-13-41)50(61)57-28-26-54(27-29-57)38-43-14-20-45(21-15-43)53(5)34-35-63-64(7,8)51(2,3)4/h9-25,37,47H,26-36,38-39H2,1-8H3. The van der Waals surface area contributed by atoms with Crippen molar-refractivity contribution in [2.24, 2.45) is 0 Å². The summed E-state index contributed by atoms with van der Waals surface area (Å²) < 4.78 is 11.6. The zero-order valence-corrected chi connectivity index (χ0v) is 40.3. The maximum atomic E-state index is 14.9. The van der Waals surface area contributed by atoms with E-state index in [1.54, 1.807) is 43.3 Å². The maximum absolute atomic E-state index is 14.9. The minimum Gasteiger partial charge on any atom is -0.481 e. The number of pyridine rings is 1. The molecule has 1 unspecified atom stereocenters. The molecule has 13 heteroatoms. The fraction of sp³-hybridized carbons (Fsp3) is 0.451. The summed E-state index contributed by atoms with van der Waals surface area (Å²) in [6.07, 6.45) is 5.32. The van der Waals surface area contributed by atoms with E-state index in [4.69, 9.17) is 9.16 Å². The second-order valence-corrected chi connectivity index (χ2v) is 23.4. The molecule has 2 aliphatic rings. The topological polar surface area (TPSA) is 102 Å². The molecule has 2 aliphatic heterocycles. The number of aromatic nitrogens is 1. The number of amides is 3. The lowest BCUT2D eigenvalue weighted by molar-refractivity contribution is -0.145. The number of hydrogen-bond acceptors (Lipinski definition) is 9. The Bertz CT molecular complexity index is 2140. The minimum absolute atomic E-state index is 0.0544. The monoisotopic (exact) mass is 888 g/mol. The number of carbonyl (C=O) groups is 3. The molecule has 6 rings (SSSR count). The predicted octanol–water partition coefficient (Wildman–Crippen LogP) is 7.21. The highest BCUT2D eigenvalue weighted by Gasteiger charge is 2.37. The average Bonchev–Trinajstić information content (AvgIpc) is 3.30. The Morgan fingerprint density at radius 2 is 1.44 bits per heavy atom. The molecule has 342 valence electrons. The first-order valence-corrected chi connectivity index (χ1v) is 25.6. The lowest BCUT2D eigenvalue weighted by atomic mass is 10.0. The van der Waals surface area contributed by atoms with Crippen molar-refractivity contribution in [3.8, 4) is 5.88 Å². The van der Waals surface area contributed by atoms with Crippen molar-refractivity contribution in [3.63, 3.8) is 0 Å². The van der Waals surface area contributed by atoms with Crippen LogP contribution in [0.2, 0.25) is 18.1 Å². The molecule has 4 aromatic rings. The third-order valence-electron chi connectivity index (χ3n) is 13.1. The van der Waals surface area contributed by atoms with Gasteiger partial charge in [-0.05, 0) is 76.8 Å². The number of methoxy groups -OCH3 is 1. The Hall–Kier alpha value is -5.50. The molecule has 0 radical (unpaired) electrons. The van der Waals surface area contributed by atoms with E-state index in [1.165, 1.54) is 5.56 Å². The molecule has 1 aromatic heterocycles. The van der Waals surface area contributed by atoms with E-state index in [9.17, 15) is 14.4 Å². The van der Waals surface area contributed by atoms with E-state index in [0.717, 1.165) is 67.3 Å². The van der Waals surface area contributed by atoms with E-state index in [2.05, 4.69) is 97.0 Å². The van der Waals surface area contributed by atoms with Gasteiger partial charge in [-0.1, -0.05) is 75.4 Å². The van der Waals surface area contributed by atoms with Gasteiger partial charge in [0.05, 0.1) is 13.7 Å². The van der Waals surface area contributed by atoms with E-state index >= 15 is 0 Å². The van der Waals surface area contributed by atoms with E-state index < -0.39 is 14.4 Å². The second kappa shape index (κ2) is 21.9. The van der Waals surface area contributed by atoms with Crippen LogP contribution in [0.15, 0.2) is 103 Å². The number of hydrogen-bond donors (Lipinski definition) is 0. The van der Waals surface area contributed by atoms with E-state index in [-0.39, 0.29) is 29.3 Å². The van der Waals surface area contributed by atoms with Crippen molar-refractivity contribution >= 4 is 43.5 Å². The van der Waals surface area contributed by atoms with Gasteiger partial charge in [-0.2, -0.15) is 0 Å². The zero-order valence-electron chi connectivity index (χ0n) is 39.3. The molecule has 64 heavy (non-hydrogen) atoms. The van der Waals surface area contributed by atoms with Gasteiger partial charge in [-0.3, -0.25) is 19.3 Å². The van der Waals surface area contributed by atoms with Crippen LogP contribution in [0.5, 0.6) is 5.88 Å². The largest absolute Gasteiger partial charge is 0.481 e. The molecule has 3 heterocycles. The van der Waals surface area contributed by atoms with Crippen molar-refractivity contribution in [1.82, 2.24) is 24.6 Å². The highest BCUT2D eigenvalue weighted by atomic mass is 28.4. The number of nitrogens with zero attached hydrogens (tertiary/aromatic N) is 7. The Labute approximate surface area is 382 Å². The first-order valence-electron chi connectivity index (χ1n) is 22.7. The second-order valence-electron chi connectivity index (χ2n) is 18.6. The van der Waals surface area contributed by atoms with Crippen LogP contribution in [0, 0.1) is 0 Å². The molecule has 0 bridgehead atoms. The summed E-state index contributed by atoms with van der Waals surface area (Å²) in [5, 5.41) is 0.189. The summed E-state index contributed by atoms with van der Waals surface area (Å²) in [5.41, 5.74) is 6.12. The van der Waals surface area contributed by atoms with Crippen LogP contribution in [-0.4, -0.2) is 136 Å². The van der Waals surface area contributed by atoms with Crippen LogP contribution in [0.4, 0.5) is 11.4 Å². The van der Waals surface area contributed by atoms with Gasteiger partial charge in [0.15, 0.2) is 8.32 Å². The fourth-order valence-electron chi connectivity index (χ4n) is 7.91. The van der Waals surface area contributed by atoms with Crippen LogP contribution in [0.25, 0.3) is 6.08 Å². The van der Waals surface area contributed by atoms with Gasteiger partial charge in [-0.25, -0.2) is 4.98 Å². The van der Waals surface area contributed by atoms with Gasteiger partial charge in [0, 0.05) is 122 Å². The molecule has 0 N–H and O–H groups in total. The van der Waals surface area contributed by atoms with Gasteiger partial charge >= 0.3 is 0 Å². The number of likely N-dealkylation sites (N-methyl/N-ethyl adjacent to an activating group) is 1. The molecule has 3 aromatic carbocycles. The molecule has 0 saturated carbocycles. The Morgan fingerprint density at radius 1 is 0.797 bits per heavy atom. The summed E-state index contributed by atoms with van der Waals surface area (Å²) in [4.78, 5) is 58.1. The number of carbonyl (C=O) groups excluding carboxylic acids is 3. The predicted molar refractivity (Wildman–Crippen MR) is 260 cm³/mol. The molecule has 2 fully saturated rings. The Kier molecular flexibility index (Phi) is 16.4. The molecular weight excluding hydrogens is 819 g/mol. The van der Waals surface area contributed by atoms with Crippen molar-refractivity contribution in [2.75, 3.05) is 89.5 Å². The number of piperazine rings is 2. The van der Waals surface area contributed by atoms with Crippen molar-refractivity contribution in [1.29, 1.82) is 0 Å². The summed E-state index contributed by atoms with van der Waals surface area (Å²) in [7, 11) is 1.89. The number of benzene rings is 3. The Balaban J connectivity index is 1.15. The SMILES string of the molecule is COc1ccc(C=CC(=O)N(Cc2ccc(N3CCN(C(C)=O)CC3)cc2)C(Cc2ccccc2)C(=O)N2CCN(Cc3ccc(N(C)CCO[Si](C)(C)C(C)(C)C)cc3)CC2)cn1. The van der Waals surface area contributed by atoms with Crippen molar-refractivity contribution < 1.29 is 23.5 Å². The molecule has 12 nitrogen and oxygen atoms in total. The highest BCUT2D eigenvalue weighted by molar-refractivity contribution is 6.74. The van der Waals surface area contributed by atoms with Gasteiger partial charge < -0.3 is 33.7 Å². The summed E-state index contributed by atoms with van der Waals surface area (Å²) in [6.45, 7) is 21.1. The van der Waals surface area contributed by atoms with E-state index in [0.29, 0.717) is 45.1 Å². The van der Waals surface area contributed by atoms with Crippen molar-refractivity contribution in [2.45, 2.75) is 71.4 Å². The summed E-state index contributed by atoms with van der Waals surface area (Å²) >= 11 is 0. The van der Waals surface area contributed by atoms with Crippen LogP contribution >= 0.6 is 0 Å². The molecule has 2 saturated heterocycles. The Morgan fingerprint density at radius 3 is 2.03 bits per heavy atom. The number of ether oxygens (including phenoxy) is 1. The fourth-order valence-corrected chi connectivity index (χ4v) is 8.94. The molecular formula is C51H69N7O5Si. The van der Waals surface area contributed by atoms with Crippen LogP contribution in [0.3, 0.4) is 0 Å². The van der Waals surface area contributed by atoms with E-state index in [1.807, 2.05) is 58.3 Å². The smallest absolute Gasteiger partial charge is 0.247 e. The normalized spacial score (nSPS) is 15.6. The lowest BCUT2D eigenvalue weighted by Crippen LogP contribution is -2.56. The van der Waals surface area contributed by atoms with Gasteiger partial charge in [-0.15, -0.1) is 0 Å². The van der Waals surface area contributed by atoms with Gasteiger partial charge in [0.25, 0.3) is 0 Å². The lowest BCUT2D eigenvalue weighted by Gasteiger charge is -2.39. The quantitative estimate of drug-likeness (QED) is 0.0805. The molecule has 0 spiro atoms. The molecule has 1 atom stereocenters. The minimum atomic E-state index is -1.79. The number of anilines is 2. The first-order chi connectivity index (χ1) is 30.6. The van der Waals surface area contributed by atoms with Crippen LogP contribution in [0.1, 0.15) is 49.9 Å². The molecule has 3 amide bonds. The molecule has 0 aliphatic carbocycles. The zero-order chi connectivity index (χ0) is 45.9. The van der Waals surface area contributed by atoms with Gasteiger partial charge in [0.1, 0.15) is 6.04 Å². The summed E-state index contributed by atoms with van der Waals surface area (Å²) in [6, 6.07) is 29.8. The maximum Gasteiger partial charge on any atom is 0.247 e. The third kappa shape index (κ3) is 13.0. The first kappa shape index (κ1) is 48.0. The highest BCUT2D eigenvalue weighted by Crippen LogP contribution is 2.36. The van der Waals surface area contributed by atoms with Gasteiger partial charge in [0.2, 0.25) is 23.6 Å². The third-order valence-corrected chi connectivity index (χ3v) is 17.7. The average molecular weight is 888 g/mol. The summed E-state index contributed by atoms with van der Waals surface area (Å²) in [5.74, 6) is 0.275. The van der Waals surface area contributed by atoms with Crippen LogP contribution < -0.4 is 14.5 Å². The van der Waals surface area contributed by atoms with Crippen molar-refractivity contribution in [3.05, 3.63) is 126 Å².